The minimum atomic E-state index is 0.917. The summed E-state index contributed by atoms with van der Waals surface area (Å²) in [7, 11) is 0. The van der Waals surface area contributed by atoms with Crippen molar-refractivity contribution in [2.75, 3.05) is 0 Å². The second-order valence-electron chi connectivity index (χ2n) is 10.2. The number of hydrogen-bond donors (Lipinski definition) is 0. The van der Waals surface area contributed by atoms with E-state index in [2.05, 4.69) is 36.2 Å². The predicted octanol–water partition coefficient (Wildman–Crippen LogP) is 7.94. The van der Waals surface area contributed by atoms with Crippen molar-refractivity contribution in [3.8, 4) is 0 Å². The van der Waals surface area contributed by atoms with E-state index in [1.54, 1.807) is 0 Å². The van der Waals surface area contributed by atoms with Gasteiger partial charge in [-0.05, 0) is 74.2 Å². The molecule has 2 aliphatic rings. The topological polar surface area (TPSA) is 25.8 Å². The molecule has 29 heavy (non-hydrogen) atoms. The average Bonchev–Trinajstić information content (AvgIpc) is 2.78. The van der Waals surface area contributed by atoms with Crippen LogP contribution in [0.2, 0.25) is 0 Å². The minimum absolute atomic E-state index is 0.917. The zero-order valence-electron chi connectivity index (χ0n) is 19.4. The van der Waals surface area contributed by atoms with Crippen LogP contribution in [-0.2, 0) is 12.8 Å². The summed E-state index contributed by atoms with van der Waals surface area (Å²) in [5.74, 6) is 5.13. The van der Waals surface area contributed by atoms with E-state index in [-0.39, 0.29) is 0 Å². The van der Waals surface area contributed by atoms with E-state index in [0.29, 0.717) is 0 Å². The summed E-state index contributed by atoms with van der Waals surface area (Å²) in [5.41, 5.74) is 1.31. The van der Waals surface area contributed by atoms with Gasteiger partial charge in [-0.1, -0.05) is 71.6 Å². The summed E-state index contributed by atoms with van der Waals surface area (Å²) >= 11 is 0. The van der Waals surface area contributed by atoms with Gasteiger partial charge in [0.15, 0.2) is 0 Å². The Hall–Kier alpha value is -0.920. The first-order valence-corrected chi connectivity index (χ1v) is 13.1. The highest BCUT2D eigenvalue weighted by atomic mass is 14.9. The van der Waals surface area contributed by atoms with E-state index in [1.165, 1.54) is 102 Å². The molecule has 0 N–H and O–H groups in total. The molecule has 2 saturated carbocycles. The van der Waals surface area contributed by atoms with Gasteiger partial charge in [-0.2, -0.15) is 0 Å². The Labute approximate surface area is 180 Å². The smallest absolute Gasteiger partial charge is 0.128 e. The molecule has 0 unspecified atom stereocenters. The molecule has 0 radical (unpaired) electrons. The molecule has 1 aromatic heterocycles. The molecular formula is C27H46N2. The molecular weight excluding hydrogens is 352 g/mol. The number of rotatable bonds is 11. The summed E-state index contributed by atoms with van der Waals surface area (Å²) < 4.78 is 0. The van der Waals surface area contributed by atoms with Crippen molar-refractivity contribution in [1.29, 1.82) is 0 Å². The second-order valence-corrected chi connectivity index (χ2v) is 10.2. The molecule has 0 atom stereocenters. The van der Waals surface area contributed by atoms with Crippen LogP contribution >= 0.6 is 0 Å². The first-order chi connectivity index (χ1) is 14.3. The lowest BCUT2D eigenvalue weighted by Gasteiger charge is -2.38. The van der Waals surface area contributed by atoms with E-state index in [0.717, 1.165) is 42.3 Å². The maximum Gasteiger partial charge on any atom is 0.128 e. The van der Waals surface area contributed by atoms with Crippen molar-refractivity contribution >= 4 is 0 Å². The Kier molecular flexibility index (Phi) is 9.97. The van der Waals surface area contributed by atoms with Gasteiger partial charge in [-0.25, -0.2) is 9.97 Å². The number of nitrogens with zero attached hydrogens (tertiary/aromatic N) is 2. The number of aryl methyl sites for hydroxylation is 2. The largest absolute Gasteiger partial charge is 0.241 e. The van der Waals surface area contributed by atoms with Crippen molar-refractivity contribution in [2.45, 2.75) is 123 Å². The van der Waals surface area contributed by atoms with Crippen LogP contribution in [0, 0.1) is 23.7 Å². The Morgan fingerprint density at radius 2 is 1.21 bits per heavy atom. The Morgan fingerprint density at radius 3 is 1.76 bits per heavy atom. The van der Waals surface area contributed by atoms with Gasteiger partial charge in [0.25, 0.3) is 0 Å². The van der Waals surface area contributed by atoms with Gasteiger partial charge < -0.3 is 0 Å². The van der Waals surface area contributed by atoms with Crippen molar-refractivity contribution in [3.05, 3.63) is 23.8 Å². The van der Waals surface area contributed by atoms with Gasteiger partial charge >= 0.3 is 0 Å². The highest BCUT2D eigenvalue weighted by Gasteiger charge is 2.30. The molecule has 0 spiro atoms. The van der Waals surface area contributed by atoms with E-state index >= 15 is 0 Å². The number of hydrogen-bond acceptors (Lipinski definition) is 2. The van der Waals surface area contributed by atoms with Crippen molar-refractivity contribution in [1.82, 2.24) is 9.97 Å². The van der Waals surface area contributed by atoms with Crippen molar-refractivity contribution < 1.29 is 0 Å². The molecule has 0 bridgehead atoms. The maximum atomic E-state index is 4.65. The highest BCUT2D eigenvalue weighted by molar-refractivity contribution is 5.05. The third-order valence-electron chi connectivity index (χ3n) is 8.02. The van der Waals surface area contributed by atoms with Crippen LogP contribution in [0.3, 0.4) is 0 Å². The molecule has 1 aromatic rings. The van der Waals surface area contributed by atoms with Gasteiger partial charge in [-0.3, -0.25) is 0 Å². The number of unbranched alkanes of at least 4 members (excludes halogenated alkanes) is 3. The Balaban J connectivity index is 1.31. The van der Waals surface area contributed by atoms with Crippen LogP contribution in [-0.4, -0.2) is 9.97 Å². The molecule has 2 aliphatic carbocycles. The zero-order chi connectivity index (χ0) is 20.3. The average molecular weight is 399 g/mol. The Morgan fingerprint density at radius 1 is 0.655 bits per heavy atom. The molecule has 2 fully saturated rings. The fourth-order valence-corrected chi connectivity index (χ4v) is 5.94. The standard InChI is InChI=1S/C27H46N2/c1-3-5-7-9-24-20-28-27(29-21-24)19-14-23-12-17-26(18-13-23)25-15-10-22(11-16-25)8-6-4-2/h20-23,25-26H,3-19H2,1-2H3. The second kappa shape index (κ2) is 12.7. The van der Waals surface area contributed by atoms with Crippen LogP contribution < -0.4 is 0 Å². The van der Waals surface area contributed by atoms with Crippen LogP contribution in [0.15, 0.2) is 12.4 Å². The SMILES string of the molecule is CCCCCc1cnc(CCC2CCC(C3CCC(CCCC)CC3)CC2)nc1. The quantitative estimate of drug-likeness (QED) is 0.353. The third kappa shape index (κ3) is 7.68. The predicted molar refractivity (Wildman–Crippen MR) is 124 cm³/mol. The van der Waals surface area contributed by atoms with Gasteiger partial charge in [0.05, 0.1) is 0 Å². The third-order valence-corrected chi connectivity index (χ3v) is 8.02. The lowest BCUT2D eigenvalue weighted by atomic mass is 9.68. The van der Waals surface area contributed by atoms with Gasteiger partial charge in [0, 0.05) is 18.8 Å². The van der Waals surface area contributed by atoms with Crippen LogP contribution in [0.5, 0.6) is 0 Å². The van der Waals surface area contributed by atoms with E-state index in [9.17, 15) is 0 Å². The molecule has 0 aromatic carbocycles. The molecule has 164 valence electrons. The number of aromatic nitrogens is 2. The van der Waals surface area contributed by atoms with E-state index in [1.807, 2.05) is 0 Å². The summed E-state index contributed by atoms with van der Waals surface area (Å²) in [6.45, 7) is 4.59. The fourth-order valence-electron chi connectivity index (χ4n) is 5.94. The molecule has 0 aliphatic heterocycles. The first kappa shape index (κ1) is 22.8. The van der Waals surface area contributed by atoms with Gasteiger partial charge in [0.1, 0.15) is 5.82 Å². The molecule has 2 nitrogen and oxygen atoms in total. The maximum absolute atomic E-state index is 4.65. The summed E-state index contributed by atoms with van der Waals surface area (Å²) in [6, 6.07) is 0. The molecule has 3 rings (SSSR count). The Bertz CT molecular complexity index is 536. The van der Waals surface area contributed by atoms with Crippen LogP contribution in [0.1, 0.15) is 122 Å². The van der Waals surface area contributed by atoms with Gasteiger partial charge in [-0.15, -0.1) is 0 Å². The van der Waals surface area contributed by atoms with Crippen LogP contribution in [0.4, 0.5) is 0 Å². The lowest BCUT2D eigenvalue weighted by Crippen LogP contribution is -2.26. The van der Waals surface area contributed by atoms with Crippen LogP contribution in [0.25, 0.3) is 0 Å². The molecule has 1 heterocycles. The fraction of sp³-hybridized carbons (Fsp3) is 0.852. The summed E-state index contributed by atoms with van der Waals surface area (Å²) in [5, 5.41) is 0. The van der Waals surface area contributed by atoms with Gasteiger partial charge in [0.2, 0.25) is 0 Å². The zero-order valence-corrected chi connectivity index (χ0v) is 19.4. The molecule has 0 amide bonds. The van der Waals surface area contributed by atoms with Crippen molar-refractivity contribution in [2.24, 2.45) is 23.7 Å². The summed E-state index contributed by atoms with van der Waals surface area (Å²) in [4.78, 5) is 9.29. The van der Waals surface area contributed by atoms with E-state index < -0.39 is 0 Å². The lowest BCUT2D eigenvalue weighted by molar-refractivity contribution is 0.140. The minimum Gasteiger partial charge on any atom is -0.241 e. The molecule has 0 saturated heterocycles. The monoisotopic (exact) mass is 398 g/mol. The molecule has 2 heteroatoms. The highest BCUT2D eigenvalue weighted by Crippen LogP contribution is 2.42. The summed E-state index contributed by atoms with van der Waals surface area (Å²) in [6.07, 6.45) is 27.8. The first-order valence-electron chi connectivity index (χ1n) is 13.1. The van der Waals surface area contributed by atoms with Crippen molar-refractivity contribution in [3.63, 3.8) is 0 Å². The van der Waals surface area contributed by atoms with E-state index in [4.69, 9.17) is 0 Å². The normalized spacial score (nSPS) is 27.8.